The van der Waals surface area contributed by atoms with Crippen LogP contribution >= 0.6 is 0 Å². The number of esters is 4. The summed E-state index contributed by atoms with van der Waals surface area (Å²) in [5, 5.41) is 5.34. The number of carbonyl (C=O) groups is 6. The summed E-state index contributed by atoms with van der Waals surface area (Å²) < 4.78 is 20.7. The molecule has 2 N–H and O–H groups in total. The summed E-state index contributed by atoms with van der Waals surface area (Å²) >= 11 is 0. The van der Waals surface area contributed by atoms with Gasteiger partial charge in [-0.1, -0.05) is 56.0 Å². The number of hydrogen-bond donors (Lipinski definition) is 2. The van der Waals surface area contributed by atoms with Crippen LogP contribution < -0.4 is 20.1 Å². The third kappa shape index (κ3) is 11.6. The maximum Gasteiger partial charge on any atom is 0.328 e. The maximum atomic E-state index is 13.3. The van der Waals surface area contributed by atoms with Crippen LogP contribution in [0, 0.1) is 0 Å². The van der Waals surface area contributed by atoms with E-state index in [1.165, 1.54) is 38.5 Å². The molecule has 2 amide bonds. The van der Waals surface area contributed by atoms with E-state index in [4.69, 9.17) is 18.9 Å². The number of carbonyl (C=O) groups excluding carboxylic acids is 6. The number of hydrogen-bond acceptors (Lipinski definition) is 10. The third-order valence-corrected chi connectivity index (χ3v) is 8.17. The minimum atomic E-state index is -1.05. The first kappa shape index (κ1) is 37.3. The molecule has 0 spiro atoms. The molecule has 0 radical (unpaired) electrons. The Morgan fingerprint density at radius 3 is 1.34 bits per heavy atom. The molecule has 0 fully saturated rings. The zero-order valence-corrected chi connectivity index (χ0v) is 28.2. The fourth-order valence-corrected chi connectivity index (χ4v) is 5.43. The van der Waals surface area contributed by atoms with Gasteiger partial charge in [0.05, 0.1) is 14.2 Å². The summed E-state index contributed by atoms with van der Waals surface area (Å²) in [5.41, 5.74) is 1.56. The van der Waals surface area contributed by atoms with Gasteiger partial charge < -0.3 is 29.6 Å². The molecule has 12 heteroatoms. The second kappa shape index (κ2) is 18.9. The van der Waals surface area contributed by atoms with Crippen molar-refractivity contribution in [2.75, 3.05) is 14.2 Å². The highest BCUT2D eigenvalue weighted by atomic mass is 16.5. The molecule has 264 valence electrons. The van der Waals surface area contributed by atoms with Crippen molar-refractivity contribution in [2.24, 2.45) is 0 Å². The van der Waals surface area contributed by atoms with Crippen LogP contribution in [0.4, 0.5) is 0 Å². The number of methoxy groups -OCH3 is 2. The summed E-state index contributed by atoms with van der Waals surface area (Å²) in [6.07, 6.45) is 5.66. The molecule has 3 aromatic rings. The van der Waals surface area contributed by atoms with Crippen LogP contribution in [0.3, 0.4) is 0 Å². The third-order valence-electron chi connectivity index (χ3n) is 8.17. The monoisotopic (exact) mass is 686 g/mol. The molecular formula is C38H42N2O10. The molecule has 0 saturated heterocycles. The van der Waals surface area contributed by atoms with Crippen molar-refractivity contribution in [1.82, 2.24) is 10.6 Å². The predicted molar refractivity (Wildman–Crippen MR) is 181 cm³/mol. The van der Waals surface area contributed by atoms with Gasteiger partial charge >= 0.3 is 23.9 Å². The van der Waals surface area contributed by atoms with Gasteiger partial charge in [0.25, 0.3) is 11.8 Å². The minimum Gasteiger partial charge on any atom is -0.467 e. The molecule has 0 aliphatic carbocycles. The number of ether oxygens (including phenoxy) is 4. The quantitative estimate of drug-likeness (QED) is 0.286. The van der Waals surface area contributed by atoms with Gasteiger partial charge in [-0.2, -0.15) is 0 Å². The Labute approximate surface area is 290 Å². The van der Waals surface area contributed by atoms with Crippen molar-refractivity contribution < 1.29 is 47.7 Å². The molecule has 7 rings (SSSR count). The Hall–Kier alpha value is -5.52. The number of nitrogens with one attached hydrogen (secondary N) is 2. The predicted octanol–water partition coefficient (Wildman–Crippen LogP) is 4.66. The second-order valence-corrected chi connectivity index (χ2v) is 11.9. The van der Waals surface area contributed by atoms with Gasteiger partial charge in [-0.05, 0) is 66.4 Å². The lowest BCUT2D eigenvalue weighted by Crippen LogP contribution is -2.44. The Balaban J connectivity index is 1.53. The van der Waals surface area contributed by atoms with E-state index < -0.39 is 35.8 Å². The van der Waals surface area contributed by atoms with Crippen molar-refractivity contribution in [2.45, 2.75) is 76.3 Å². The van der Waals surface area contributed by atoms with Gasteiger partial charge in [-0.3, -0.25) is 19.2 Å². The van der Waals surface area contributed by atoms with Gasteiger partial charge in [0.2, 0.25) is 0 Å². The van der Waals surface area contributed by atoms with Crippen molar-refractivity contribution in [3.05, 3.63) is 95.1 Å². The molecule has 4 aliphatic rings. The molecule has 4 heterocycles. The molecule has 6 bridgehead atoms. The highest BCUT2D eigenvalue weighted by Gasteiger charge is 2.25. The zero-order chi connectivity index (χ0) is 35.9. The lowest BCUT2D eigenvalue weighted by molar-refractivity contribution is -0.143. The van der Waals surface area contributed by atoms with E-state index in [0.29, 0.717) is 35.5 Å². The topological polar surface area (TPSA) is 163 Å². The Morgan fingerprint density at radius 2 is 0.960 bits per heavy atom. The van der Waals surface area contributed by atoms with Crippen LogP contribution in [-0.4, -0.2) is 62.0 Å². The van der Waals surface area contributed by atoms with E-state index in [2.05, 4.69) is 10.6 Å². The van der Waals surface area contributed by atoms with E-state index >= 15 is 0 Å². The van der Waals surface area contributed by atoms with Crippen LogP contribution in [0.1, 0.15) is 83.2 Å². The molecular weight excluding hydrogens is 644 g/mol. The summed E-state index contributed by atoms with van der Waals surface area (Å²) in [4.78, 5) is 76.5. The first-order chi connectivity index (χ1) is 24.1. The molecule has 50 heavy (non-hydrogen) atoms. The molecule has 2 atom stereocenters. The first-order valence-corrected chi connectivity index (χ1v) is 16.6. The Morgan fingerprint density at radius 1 is 0.580 bits per heavy atom. The van der Waals surface area contributed by atoms with Crippen LogP contribution in [0.25, 0.3) is 0 Å². The average molecular weight is 687 g/mol. The Bertz CT molecular complexity index is 1530. The number of rotatable bonds is 2. The van der Waals surface area contributed by atoms with E-state index in [-0.39, 0.29) is 48.7 Å². The van der Waals surface area contributed by atoms with Gasteiger partial charge in [0.15, 0.2) is 0 Å². The largest absolute Gasteiger partial charge is 0.467 e. The number of benzene rings is 3. The van der Waals surface area contributed by atoms with Gasteiger partial charge in [-0.25, -0.2) is 9.59 Å². The van der Waals surface area contributed by atoms with Crippen molar-refractivity contribution in [3.63, 3.8) is 0 Å². The van der Waals surface area contributed by atoms with E-state index in [9.17, 15) is 28.8 Å². The summed E-state index contributed by atoms with van der Waals surface area (Å²) in [5.74, 6) is -2.56. The van der Waals surface area contributed by atoms with Crippen molar-refractivity contribution in [3.8, 4) is 11.5 Å². The molecule has 3 aromatic carbocycles. The van der Waals surface area contributed by atoms with E-state index in [0.717, 1.165) is 25.7 Å². The lowest BCUT2D eigenvalue weighted by Gasteiger charge is -2.18. The van der Waals surface area contributed by atoms with Crippen LogP contribution in [-0.2, 0) is 41.5 Å². The van der Waals surface area contributed by atoms with Gasteiger partial charge in [0, 0.05) is 36.8 Å². The Kier molecular flexibility index (Phi) is 14.1. The minimum absolute atomic E-state index is 0.0922. The fraction of sp³-hybridized carbons (Fsp3) is 0.368. The standard InChI is InChI=1S/C38H42N2O10/c1-47-37(45)31-22-25-14-18-29(19-15-25)49-33(41)12-7-5-3-4-6-8-13-34(42)50-30-20-16-26(17-21-30)23-32(38(46)48-2)40-36(44)28-11-9-10-27(24-28)35(43)39-31/h9-11,14-21,24,31-32H,3-8,12-13,22-23H2,1-2H3,(H,39,43)(H,40,44). The van der Waals surface area contributed by atoms with Crippen LogP contribution in [0.2, 0.25) is 0 Å². The lowest BCUT2D eigenvalue weighted by atomic mass is 10.0. The summed E-state index contributed by atoms with van der Waals surface area (Å²) in [6, 6.07) is 17.0. The van der Waals surface area contributed by atoms with Gasteiger partial charge in [-0.15, -0.1) is 0 Å². The molecule has 0 saturated carbocycles. The SMILES string of the molecule is COC(=O)C1Cc2ccc(cc2)OC(=O)CCCCCCCCC(=O)Oc2ccc(cc2)CC(C(=O)OC)NC(=O)c2cccc(c2)C(=O)N1. The van der Waals surface area contributed by atoms with E-state index in [1.807, 2.05) is 0 Å². The highest BCUT2D eigenvalue weighted by Crippen LogP contribution is 2.18. The molecule has 0 aromatic heterocycles. The highest BCUT2D eigenvalue weighted by molar-refractivity contribution is 6.01. The second-order valence-electron chi connectivity index (χ2n) is 11.9. The molecule has 2 unspecified atom stereocenters. The van der Waals surface area contributed by atoms with Crippen LogP contribution in [0.5, 0.6) is 11.5 Å². The smallest absolute Gasteiger partial charge is 0.328 e. The maximum absolute atomic E-state index is 13.3. The summed E-state index contributed by atoms with van der Waals surface area (Å²) in [7, 11) is 2.43. The van der Waals surface area contributed by atoms with Gasteiger partial charge in [0.1, 0.15) is 23.6 Å². The van der Waals surface area contributed by atoms with E-state index in [1.54, 1.807) is 48.5 Å². The zero-order valence-electron chi connectivity index (χ0n) is 28.2. The number of amides is 2. The normalized spacial score (nSPS) is 18.8. The molecule has 4 aliphatic heterocycles. The van der Waals surface area contributed by atoms with Crippen LogP contribution in [0.15, 0.2) is 72.8 Å². The van der Waals surface area contributed by atoms with Crippen molar-refractivity contribution >= 4 is 35.7 Å². The fourth-order valence-electron chi connectivity index (χ4n) is 5.43. The average Bonchev–Trinajstić information content (AvgIpc) is 3.12. The van der Waals surface area contributed by atoms with Crippen molar-refractivity contribution in [1.29, 1.82) is 0 Å². The summed E-state index contributed by atoms with van der Waals surface area (Å²) in [6.45, 7) is 0. The molecule has 12 nitrogen and oxygen atoms in total. The first-order valence-electron chi connectivity index (χ1n) is 16.6.